The summed E-state index contributed by atoms with van der Waals surface area (Å²) < 4.78 is 6.67. The van der Waals surface area contributed by atoms with Crippen LogP contribution in [0.2, 0.25) is 5.02 Å². The second kappa shape index (κ2) is 10.2. The van der Waals surface area contributed by atoms with E-state index in [1.54, 1.807) is 0 Å². The van der Waals surface area contributed by atoms with Crippen LogP contribution < -0.4 is 5.32 Å². The summed E-state index contributed by atoms with van der Waals surface area (Å²) >= 11 is 9.54. The zero-order valence-corrected chi connectivity index (χ0v) is 16.1. The van der Waals surface area contributed by atoms with E-state index in [2.05, 4.69) is 52.4 Å². The van der Waals surface area contributed by atoms with E-state index >= 15 is 0 Å². The van der Waals surface area contributed by atoms with Gasteiger partial charge in [0.15, 0.2) is 0 Å². The van der Waals surface area contributed by atoms with E-state index in [1.165, 1.54) is 5.56 Å². The van der Waals surface area contributed by atoms with Gasteiger partial charge in [-0.25, -0.2) is 0 Å². The first kappa shape index (κ1) is 19.4. The van der Waals surface area contributed by atoms with Gasteiger partial charge in [-0.05, 0) is 23.8 Å². The molecule has 0 aliphatic carbocycles. The van der Waals surface area contributed by atoms with Gasteiger partial charge in [0, 0.05) is 21.5 Å². The van der Waals surface area contributed by atoms with Gasteiger partial charge in [0.05, 0.1) is 13.2 Å². The van der Waals surface area contributed by atoms with Crippen molar-refractivity contribution in [3.8, 4) is 0 Å². The Balaban J connectivity index is 1.74. The molecule has 0 heterocycles. The van der Waals surface area contributed by atoms with Crippen LogP contribution in [-0.2, 0) is 11.3 Å². The van der Waals surface area contributed by atoms with E-state index in [1.807, 2.05) is 24.3 Å². The predicted molar refractivity (Wildman–Crippen MR) is 101 cm³/mol. The topological polar surface area (TPSA) is 46.1 Å². The Morgan fingerprint density at radius 1 is 1.17 bits per heavy atom. The quantitative estimate of drug-likeness (QED) is 0.658. The third-order valence-corrected chi connectivity index (χ3v) is 4.85. The minimum Gasteiger partial charge on any atom is -0.385 e. The van der Waals surface area contributed by atoms with Gasteiger partial charge in [-0.3, -0.25) is 0 Å². The number of hydrogen-bond donors (Lipinski definition) is 2. The Hall–Kier alpha value is -0.910. The molecular weight excluding hydrogens is 390 g/mol. The molecule has 2 aromatic rings. The van der Waals surface area contributed by atoms with Crippen LogP contribution in [0.5, 0.6) is 0 Å². The molecular formula is C19H24BrClNO2+. The highest BCUT2D eigenvalue weighted by Gasteiger charge is 2.15. The van der Waals surface area contributed by atoms with E-state index in [9.17, 15) is 5.11 Å². The van der Waals surface area contributed by atoms with Crippen molar-refractivity contribution in [2.45, 2.75) is 32.1 Å². The highest BCUT2D eigenvalue weighted by atomic mass is 79.9. The zero-order valence-electron chi connectivity index (χ0n) is 13.8. The molecule has 2 aromatic carbocycles. The lowest BCUT2D eigenvalue weighted by molar-refractivity contribution is -0.702. The Morgan fingerprint density at radius 3 is 2.54 bits per heavy atom. The van der Waals surface area contributed by atoms with Crippen LogP contribution in [0.25, 0.3) is 0 Å². The Morgan fingerprint density at radius 2 is 1.88 bits per heavy atom. The number of halogens is 2. The average Bonchev–Trinajstić information content (AvgIpc) is 2.58. The van der Waals surface area contributed by atoms with E-state index < -0.39 is 6.10 Å². The van der Waals surface area contributed by atoms with Crippen molar-refractivity contribution in [1.82, 2.24) is 0 Å². The van der Waals surface area contributed by atoms with Crippen LogP contribution in [0.4, 0.5) is 0 Å². The molecule has 0 spiro atoms. The van der Waals surface area contributed by atoms with Gasteiger partial charge >= 0.3 is 0 Å². The fraction of sp³-hybridized carbons (Fsp3) is 0.368. The van der Waals surface area contributed by atoms with Crippen molar-refractivity contribution in [1.29, 1.82) is 0 Å². The van der Waals surface area contributed by atoms with Crippen molar-refractivity contribution in [2.75, 3.05) is 13.2 Å². The molecule has 3 N–H and O–H groups in total. The smallest absolute Gasteiger partial charge is 0.126 e. The lowest BCUT2D eigenvalue weighted by Gasteiger charge is -2.17. The molecule has 0 amide bonds. The van der Waals surface area contributed by atoms with Crippen LogP contribution in [0.1, 0.15) is 30.5 Å². The first-order chi connectivity index (χ1) is 11.6. The first-order valence-electron chi connectivity index (χ1n) is 8.18. The third kappa shape index (κ3) is 6.19. The van der Waals surface area contributed by atoms with Crippen LogP contribution in [0.3, 0.4) is 0 Å². The van der Waals surface area contributed by atoms with E-state index in [0.29, 0.717) is 30.8 Å². The number of quaternary nitrogens is 1. The number of aliphatic hydroxyl groups excluding tert-OH is 1. The summed E-state index contributed by atoms with van der Waals surface area (Å²) in [7, 11) is 0. The maximum Gasteiger partial charge on any atom is 0.126 e. The van der Waals surface area contributed by atoms with Gasteiger partial charge in [-0.2, -0.15) is 0 Å². The monoisotopic (exact) mass is 412 g/mol. The second-order valence-electron chi connectivity index (χ2n) is 5.80. The number of nitrogens with two attached hydrogens (primary N) is 1. The third-order valence-electron chi connectivity index (χ3n) is 3.96. The van der Waals surface area contributed by atoms with Gasteiger partial charge in [0.2, 0.25) is 0 Å². The molecule has 0 aliphatic rings. The van der Waals surface area contributed by atoms with Crippen molar-refractivity contribution in [3.63, 3.8) is 0 Å². The lowest BCUT2D eigenvalue weighted by Crippen LogP contribution is -2.87. The fourth-order valence-corrected chi connectivity index (χ4v) is 3.01. The summed E-state index contributed by atoms with van der Waals surface area (Å²) in [6, 6.07) is 16.3. The molecule has 130 valence electrons. The number of benzene rings is 2. The molecule has 0 fully saturated rings. The first-order valence-corrected chi connectivity index (χ1v) is 9.35. The average molecular weight is 414 g/mol. The normalized spacial score (nSPS) is 13.7. The second-order valence-corrected chi connectivity index (χ2v) is 7.12. The van der Waals surface area contributed by atoms with Crippen LogP contribution in [0.15, 0.2) is 53.0 Å². The molecule has 2 atom stereocenters. The van der Waals surface area contributed by atoms with Gasteiger partial charge in [0.25, 0.3) is 0 Å². The van der Waals surface area contributed by atoms with Crippen LogP contribution in [-0.4, -0.2) is 24.4 Å². The molecule has 0 aromatic heterocycles. The van der Waals surface area contributed by atoms with Gasteiger partial charge in [0.1, 0.15) is 18.7 Å². The molecule has 24 heavy (non-hydrogen) atoms. The molecule has 3 nitrogen and oxygen atoms in total. The molecule has 2 rings (SSSR count). The number of hydrogen-bond acceptors (Lipinski definition) is 2. The summed E-state index contributed by atoms with van der Waals surface area (Å²) in [5.41, 5.74) is 2.21. The minimum absolute atomic E-state index is 0.304. The summed E-state index contributed by atoms with van der Waals surface area (Å²) in [6.07, 6.45) is 0.506. The fourth-order valence-electron chi connectivity index (χ4n) is 2.56. The zero-order chi connectivity index (χ0) is 17.4. The van der Waals surface area contributed by atoms with Crippen molar-refractivity contribution in [3.05, 3.63) is 69.2 Å². The molecule has 5 heteroatoms. The maximum atomic E-state index is 10.1. The summed E-state index contributed by atoms with van der Waals surface area (Å²) in [4.78, 5) is 0. The van der Waals surface area contributed by atoms with E-state index in [4.69, 9.17) is 16.3 Å². The molecule has 0 unspecified atom stereocenters. The molecule has 0 radical (unpaired) electrons. The molecule has 0 aliphatic heterocycles. The summed E-state index contributed by atoms with van der Waals surface area (Å²) in [5, 5.41) is 13.0. The number of ether oxygens (including phenoxy) is 1. The predicted octanol–water partition coefficient (Wildman–Crippen LogP) is 3.69. The molecule has 0 saturated heterocycles. The van der Waals surface area contributed by atoms with Gasteiger partial charge in [-0.1, -0.05) is 64.8 Å². The van der Waals surface area contributed by atoms with Crippen molar-refractivity contribution >= 4 is 27.5 Å². The van der Waals surface area contributed by atoms with Crippen LogP contribution in [0, 0.1) is 0 Å². The molecule has 0 bridgehead atoms. The van der Waals surface area contributed by atoms with Crippen molar-refractivity contribution < 1.29 is 15.2 Å². The molecule has 0 saturated carbocycles. The summed E-state index contributed by atoms with van der Waals surface area (Å²) in [5.74, 6) is 0. The van der Waals surface area contributed by atoms with E-state index in [0.717, 1.165) is 16.5 Å². The Labute approximate surface area is 157 Å². The van der Waals surface area contributed by atoms with Crippen molar-refractivity contribution in [2.24, 2.45) is 0 Å². The highest BCUT2D eigenvalue weighted by Crippen LogP contribution is 2.17. The minimum atomic E-state index is -0.503. The maximum absolute atomic E-state index is 10.1. The Kier molecular flexibility index (Phi) is 8.22. The highest BCUT2D eigenvalue weighted by molar-refractivity contribution is 9.10. The lowest BCUT2D eigenvalue weighted by atomic mass is 10.0. The Bertz CT molecular complexity index is 621. The standard InChI is InChI=1S/C19H23BrClNO2/c1-2-19(14-7-9-16(20)10-8-14)22-11-17(23)13-24-12-15-5-3-4-6-18(15)21/h3-10,17,19,22-23H,2,11-13H2,1H3/p+1/t17-,19+/m1/s1. The van der Waals surface area contributed by atoms with E-state index in [-0.39, 0.29) is 0 Å². The SMILES string of the molecule is CC[C@H]([NH2+]C[C@@H](O)COCc1ccccc1Cl)c1ccc(Br)cc1. The number of aliphatic hydroxyl groups is 1. The van der Waals surface area contributed by atoms with Gasteiger partial charge < -0.3 is 15.2 Å². The largest absolute Gasteiger partial charge is 0.385 e. The number of rotatable bonds is 9. The summed E-state index contributed by atoms with van der Waals surface area (Å²) in [6.45, 7) is 3.49. The van der Waals surface area contributed by atoms with Crippen LogP contribution >= 0.6 is 27.5 Å². The van der Waals surface area contributed by atoms with Gasteiger partial charge in [-0.15, -0.1) is 0 Å².